The Labute approximate surface area is 138 Å². The van der Waals surface area contributed by atoms with Gasteiger partial charge in [-0.2, -0.15) is 0 Å². The zero-order valence-electron chi connectivity index (χ0n) is 11.0. The van der Waals surface area contributed by atoms with Gasteiger partial charge in [-0.15, -0.1) is 0 Å². The van der Waals surface area contributed by atoms with Crippen LogP contribution in [0, 0.1) is 0 Å². The molecular weight excluding hydrogens is 291 g/mol. The first-order valence-corrected chi connectivity index (χ1v) is 6.65. The van der Waals surface area contributed by atoms with E-state index in [-0.39, 0.29) is 45.8 Å². The van der Waals surface area contributed by atoms with Gasteiger partial charge in [0.25, 0.3) is 0 Å². The molecule has 100 valence electrons. The van der Waals surface area contributed by atoms with Gasteiger partial charge in [0.15, 0.2) is 0 Å². The molecule has 0 fully saturated rings. The monoisotopic (exact) mass is 302 g/mol. The Kier molecular flexibility index (Phi) is 5.49. The zero-order valence-corrected chi connectivity index (χ0v) is 13.8. The molecule has 0 unspecified atom stereocenters. The molecule has 9 heteroatoms. The Balaban J connectivity index is 0.00000200. The van der Waals surface area contributed by atoms with Crippen molar-refractivity contribution in [2.45, 2.75) is 4.90 Å². The number of nitrogens with one attached hydrogen (secondary N) is 1. The summed E-state index contributed by atoms with van der Waals surface area (Å²) in [5, 5.41) is 7.28. The molecule has 2 rings (SSSR count). The fourth-order valence-corrected chi connectivity index (χ4v) is 2.54. The quantitative estimate of drug-likeness (QED) is 0.543. The van der Waals surface area contributed by atoms with Crippen molar-refractivity contribution in [1.82, 2.24) is 9.97 Å². The van der Waals surface area contributed by atoms with Crippen molar-refractivity contribution < 1.29 is 42.7 Å². The third-order valence-electron chi connectivity index (χ3n) is 2.40. The third kappa shape index (κ3) is 3.47. The molecular formula is C11H11N4NaO3S. The predicted octanol–water partition coefficient (Wildman–Crippen LogP) is -1.52. The number of nitrogens with two attached hydrogens (primary N) is 1. The second kappa shape index (κ2) is 6.51. The topological polar surface area (TPSA) is 119 Å². The summed E-state index contributed by atoms with van der Waals surface area (Å²) in [6, 6.07) is 2.77. The smallest absolute Gasteiger partial charge is 0.560 e. The summed E-state index contributed by atoms with van der Waals surface area (Å²) < 4.78 is 28.2. The van der Waals surface area contributed by atoms with E-state index < -0.39 is 10.0 Å². The van der Waals surface area contributed by atoms with Crippen molar-refractivity contribution in [2.24, 2.45) is 0 Å². The van der Waals surface area contributed by atoms with Crippen LogP contribution >= 0.6 is 0 Å². The maximum atomic E-state index is 11.6. The molecule has 0 saturated heterocycles. The normalized spacial score (nSPS) is 10.7. The molecule has 2 aromatic rings. The molecule has 0 bridgehead atoms. The minimum atomic E-state index is -4.24. The molecule has 1 heterocycles. The summed E-state index contributed by atoms with van der Waals surface area (Å²) in [5.74, 6) is 0.00986. The first-order chi connectivity index (χ1) is 8.93. The summed E-state index contributed by atoms with van der Waals surface area (Å²) in [7, 11) is -2.93. The molecule has 0 amide bonds. The van der Waals surface area contributed by atoms with Gasteiger partial charge in [-0.05, 0) is 6.07 Å². The molecule has 0 spiro atoms. The largest absolute Gasteiger partial charge is 1.00 e. The first-order valence-electron chi connectivity index (χ1n) is 5.17. The average Bonchev–Trinajstić information content (AvgIpc) is 2.37. The standard InChI is InChI=1S/C11H11N4O3S.Na/c1-18-10-5-7(12)4-8(11(10)19(13,16)17)9-6-14-2-3-15-9;/h2-6H,12H2,1H3,(H-,13,16,17);/q-1;+1. The minimum Gasteiger partial charge on any atom is -0.560 e. The molecule has 1 aromatic carbocycles. The third-order valence-corrected chi connectivity index (χ3v) is 3.36. The molecule has 7 nitrogen and oxygen atoms in total. The molecule has 0 radical (unpaired) electrons. The van der Waals surface area contributed by atoms with E-state index in [1.165, 1.54) is 37.8 Å². The first kappa shape index (κ1) is 16.9. The van der Waals surface area contributed by atoms with Crippen LogP contribution in [0.25, 0.3) is 16.4 Å². The summed E-state index contributed by atoms with van der Waals surface area (Å²) in [4.78, 5) is 7.61. The zero-order chi connectivity index (χ0) is 14.0. The number of anilines is 1. The average molecular weight is 302 g/mol. The van der Waals surface area contributed by atoms with Gasteiger partial charge in [-0.1, -0.05) is 0 Å². The van der Waals surface area contributed by atoms with Crippen LogP contribution in [-0.4, -0.2) is 25.5 Å². The molecule has 1 aromatic heterocycles. The van der Waals surface area contributed by atoms with Crippen LogP contribution in [-0.2, 0) is 10.0 Å². The summed E-state index contributed by atoms with van der Waals surface area (Å²) in [5.41, 5.74) is 6.51. The van der Waals surface area contributed by atoms with Crippen molar-refractivity contribution in [2.75, 3.05) is 12.8 Å². The number of sulfonamides is 1. The van der Waals surface area contributed by atoms with Crippen LogP contribution < -0.4 is 40.0 Å². The maximum absolute atomic E-state index is 11.6. The van der Waals surface area contributed by atoms with Gasteiger partial charge in [0.1, 0.15) is 15.8 Å². The van der Waals surface area contributed by atoms with Gasteiger partial charge in [0, 0.05) is 29.7 Å². The summed E-state index contributed by atoms with van der Waals surface area (Å²) in [6.45, 7) is 0. The van der Waals surface area contributed by atoms with E-state index in [4.69, 9.17) is 15.6 Å². The van der Waals surface area contributed by atoms with Crippen LogP contribution in [0.2, 0.25) is 0 Å². The van der Waals surface area contributed by atoms with E-state index in [0.29, 0.717) is 11.4 Å². The molecule has 0 aliphatic heterocycles. The predicted molar refractivity (Wildman–Crippen MR) is 69.9 cm³/mol. The summed E-state index contributed by atoms with van der Waals surface area (Å²) in [6.07, 6.45) is 4.27. The number of benzene rings is 1. The van der Waals surface area contributed by atoms with Gasteiger partial charge < -0.3 is 15.6 Å². The Morgan fingerprint density at radius 1 is 1.30 bits per heavy atom. The molecule has 0 atom stereocenters. The number of hydrogen-bond acceptors (Lipinski definition) is 6. The second-order valence-electron chi connectivity index (χ2n) is 3.69. The fraction of sp³-hybridized carbons (Fsp3) is 0.0909. The van der Waals surface area contributed by atoms with E-state index >= 15 is 0 Å². The maximum Gasteiger partial charge on any atom is 1.00 e. The molecule has 0 saturated carbocycles. The second-order valence-corrected chi connectivity index (χ2v) is 5.11. The van der Waals surface area contributed by atoms with E-state index in [9.17, 15) is 8.42 Å². The minimum absolute atomic E-state index is 0. The van der Waals surface area contributed by atoms with Crippen LogP contribution in [0.5, 0.6) is 5.75 Å². The van der Waals surface area contributed by atoms with Gasteiger partial charge in [-0.25, -0.2) is 8.42 Å². The van der Waals surface area contributed by atoms with Gasteiger partial charge in [-0.3, -0.25) is 9.97 Å². The Bertz CT molecular complexity index is 707. The van der Waals surface area contributed by atoms with Crippen molar-refractivity contribution >= 4 is 15.7 Å². The Morgan fingerprint density at radius 3 is 2.50 bits per heavy atom. The number of hydrogen-bond donors (Lipinski definition) is 1. The molecule has 0 aliphatic rings. The number of nitrogens with zero attached hydrogens (tertiary/aromatic N) is 2. The van der Waals surface area contributed by atoms with Gasteiger partial charge in [0.2, 0.25) is 0 Å². The van der Waals surface area contributed by atoms with Crippen LogP contribution in [0.3, 0.4) is 0 Å². The SMILES string of the molecule is COc1cc(N)cc(-c2cnccn2)c1S([NH-])(=O)=O.[Na+]. The van der Waals surface area contributed by atoms with E-state index in [2.05, 4.69) is 9.97 Å². The Hall–Kier alpha value is -1.19. The Morgan fingerprint density at radius 2 is 2.00 bits per heavy atom. The van der Waals surface area contributed by atoms with Crippen molar-refractivity contribution in [3.05, 3.63) is 35.9 Å². The number of rotatable bonds is 3. The molecule has 20 heavy (non-hydrogen) atoms. The number of nitrogen functional groups attached to an aromatic ring is 1. The molecule has 3 N–H and O–H groups in total. The molecule has 0 aliphatic carbocycles. The van der Waals surface area contributed by atoms with Crippen molar-refractivity contribution in [3.8, 4) is 17.0 Å². The number of ether oxygens (including phenoxy) is 1. The van der Waals surface area contributed by atoms with Crippen molar-refractivity contribution in [3.63, 3.8) is 0 Å². The van der Waals surface area contributed by atoms with Crippen LogP contribution in [0.1, 0.15) is 0 Å². The van der Waals surface area contributed by atoms with Crippen LogP contribution in [0.15, 0.2) is 35.6 Å². The number of methoxy groups -OCH3 is 1. The fourth-order valence-electron chi connectivity index (χ4n) is 1.68. The van der Waals surface area contributed by atoms with E-state index in [1.807, 2.05) is 0 Å². The number of aromatic nitrogens is 2. The van der Waals surface area contributed by atoms with E-state index in [1.54, 1.807) is 0 Å². The van der Waals surface area contributed by atoms with Crippen LogP contribution in [0.4, 0.5) is 5.69 Å². The van der Waals surface area contributed by atoms with Crippen molar-refractivity contribution in [1.29, 1.82) is 0 Å². The van der Waals surface area contributed by atoms with E-state index in [0.717, 1.165) is 0 Å². The van der Waals surface area contributed by atoms with Gasteiger partial charge >= 0.3 is 29.6 Å². The summed E-state index contributed by atoms with van der Waals surface area (Å²) >= 11 is 0. The van der Waals surface area contributed by atoms with Gasteiger partial charge in [0.05, 0.1) is 23.9 Å².